The van der Waals surface area contributed by atoms with Gasteiger partial charge in [-0.3, -0.25) is 14.4 Å². The van der Waals surface area contributed by atoms with Gasteiger partial charge in [0.05, 0.1) is 19.8 Å². The molecule has 2 aromatic rings. The third kappa shape index (κ3) is 4.08. The van der Waals surface area contributed by atoms with E-state index in [0.29, 0.717) is 18.7 Å². The number of carbonyl (C=O) groups is 2. The number of fused-ring (bicyclic) bond motifs is 2. The van der Waals surface area contributed by atoms with Crippen LogP contribution in [0.3, 0.4) is 0 Å². The summed E-state index contributed by atoms with van der Waals surface area (Å²) < 4.78 is 53.4. The lowest BCUT2D eigenvalue weighted by molar-refractivity contribution is -0.0165. The number of nitrogens with zero attached hydrogens (tertiary/aromatic N) is 2. The molecule has 0 aliphatic carbocycles. The van der Waals surface area contributed by atoms with Gasteiger partial charge in [-0.1, -0.05) is 13.3 Å². The topological polar surface area (TPSA) is 89.9 Å². The number of amides is 2. The smallest absolute Gasteiger partial charge is 0.276 e. The summed E-state index contributed by atoms with van der Waals surface area (Å²) in [6.45, 7) is 1.97. The SMILES string of the molecule is CCCC1CN2C(=O)c3c(OC)c(=O)c(C(=O)NCc4c(F)cc(F)cc4F)cn3CC2O1. The van der Waals surface area contributed by atoms with Crippen LogP contribution >= 0.6 is 0 Å². The van der Waals surface area contributed by atoms with Crippen molar-refractivity contribution in [2.75, 3.05) is 13.7 Å². The van der Waals surface area contributed by atoms with Crippen LogP contribution in [0.5, 0.6) is 5.75 Å². The fourth-order valence-electron chi connectivity index (χ4n) is 4.18. The Hall–Kier alpha value is -3.34. The molecule has 2 unspecified atom stereocenters. The highest BCUT2D eigenvalue weighted by atomic mass is 19.1. The van der Waals surface area contributed by atoms with Gasteiger partial charge in [0.1, 0.15) is 23.0 Å². The third-order valence-electron chi connectivity index (χ3n) is 5.74. The number of nitrogens with one attached hydrogen (secondary N) is 1. The second-order valence-corrected chi connectivity index (χ2v) is 7.90. The van der Waals surface area contributed by atoms with Gasteiger partial charge in [0.25, 0.3) is 11.8 Å². The normalized spacial score (nSPS) is 19.3. The highest BCUT2D eigenvalue weighted by Gasteiger charge is 2.43. The zero-order chi connectivity index (χ0) is 23.9. The number of halogens is 3. The quantitative estimate of drug-likeness (QED) is 0.707. The molecule has 4 rings (SSSR count). The van der Waals surface area contributed by atoms with Crippen molar-refractivity contribution in [2.45, 2.75) is 45.2 Å². The Labute approximate surface area is 186 Å². The van der Waals surface area contributed by atoms with Crippen LogP contribution in [0.15, 0.2) is 23.1 Å². The van der Waals surface area contributed by atoms with Crippen molar-refractivity contribution >= 4 is 11.8 Å². The van der Waals surface area contributed by atoms with Gasteiger partial charge in [0, 0.05) is 37.0 Å². The van der Waals surface area contributed by atoms with Crippen molar-refractivity contribution in [3.8, 4) is 5.75 Å². The Morgan fingerprint density at radius 1 is 1.21 bits per heavy atom. The van der Waals surface area contributed by atoms with Crippen LogP contribution in [0, 0.1) is 17.5 Å². The summed E-state index contributed by atoms with van der Waals surface area (Å²) in [5.74, 6) is -5.10. The molecule has 176 valence electrons. The van der Waals surface area contributed by atoms with Crippen molar-refractivity contribution in [1.82, 2.24) is 14.8 Å². The number of hydrogen-bond acceptors (Lipinski definition) is 5. The molecule has 0 saturated carbocycles. The number of methoxy groups -OCH3 is 1. The second-order valence-electron chi connectivity index (χ2n) is 7.90. The van der Waals surface area contributed by atoms with Crippen LogP contribution in [-0.2, 0) is 17.8 Å². The lowest BCUT2D eigenvalue weighted by Gasteiger charge is -2.32. The summed E-state index contributed by atoms with van der Waals surface area (Å²) in [6, 6.07) is 0.984. The first-order valence-corrected chi connectivity index (χ1v) is 10.4. The lowest BCUT2D eigenvalue weighted by Crippen LogP contribution is -2.46. The van der Waals surface area contributed by atoms with E-state index in [-0.39, 0.29) is 29.7 Å². The molecule has 2 atom stereocenters. The van der Waals surface area contributed by atoms with Gasteiger partial charge in [-0.15, -0.1) is 0 Å². The van der Waals surface area contributed by atoms with Crippen molar-refractivity contribution in [1.29, 1.82) is 0 Å². The summed E-state index contributed by atoms with van der Waals surface area (Å²) in [5, 5.41) is 2.26. The summed E-state index contributed by atoms with van der Waals surface area (Å²) >= 11 is 0. The van der Waals surface area contributed by atoms with Gasteiger partial charge < -0.3 is 24.3 Å². The van der Waals surface area contributed by atoms with E-state index in [9.17, 15) is 27.6 Å². The van der Waals surface area contributed by atoms with Gasteiger partial charge in [0.2, 0.25) is 5.43 Å². The number of aromatic nitrogens is 1. The van der Waals surface area contributed by atoms with Crippen molar-refractivity contribution < 1.29 is 32.2 Å². The highest BCUT2D eigenvalue weighted by Crippen LogP contribution is 2.30. The molecule has 2 aliphatic heterocycles. The van der Waals surface area contributed by atoms with Gasteiger partial charge >= 0.3 is 0 Å². The first-order valence-electron chi connectivity index (χ1n) is 10.4. The van der Waals surface area contributed by atoms with E-state index in [1.165, 1.54) is 22.8 Å². The molecule has 2 amide bonds. The molecule has 0 spiro atoms. The predicted octanol–water partition coefficient (Wildman–Crippen LogP) is 2.18. The highest BCUT2D eigenvalue weighted by molar-refractivity contribution is 5.99. The van der Waals surface area contributed by atoms with E-state index < -0.39 is 53.0 Å². The molecule has 1 N–H and O–H groups in total. The minimum absolute atomic E-state index is 0.00618. The average molecular weight is 465 g/mol. The Kier molecular flexibility index (Phi) is 6.15. The Bertz CT molecular complexity index is 1160. The minimum Gasteiger partial charge on any atom is -0.491 e. The van der Waals surface area contributed by atoms with E-state index in [2.05, 4.69) is 5.32 Å². The number of hydrogen-bond donors (Lipinski definition) is 1. The summed E-state index contributed by atoms with van der Waals surface area (Å²) in [5.41, 5.74) is -1.75. The molecule has 0 radical (unpaired) electrons. The maximum atomic E-state index is 13.9. The molecule has 11 heteroatoms. The van der Waals surface area contributed by atoms with Gasteiger partial charge in [0.15, 0.2) is 17.7 Å². The first-order chi connectivity index (χ1) is 15.7. The number of ether oxygens (including phenoxy) is 2. The first kappa shape index (κ1) is 22.8. The molecule has 1 aromatic heterocycles. The zero-order valence-corrected chi connectivity index (χ0v) is 18.0. The van der Waals surface area contributed by atoms with E-state index in [4.69, 9.17) is 9.47 Å². The summed E-state index contributed by atoms with van der Waals surface area (Å²) in [6.07, 6.45) is 2.19. The largest absolute Gasteiger partial charge is 0.491 e. The molecule has 0 bridgehead atoms. The summed E-state index contributed by atoms with van der Waals surface area (Å²) in [7, 11) is 1.21. The number of pyridine rings is 1. The van der Waals surface area contributed by atoms with E-state index in [1.54, 1.807) is 0 Å². The van der Waals surface area contributed by atoms with Crippen LogP contribution in [-0.4, -0.2) is 47.3 Å². The van der Waals surface area contributed by atoms with Gasteiger partial charge in [-0.2, -0.15) is 0 Å². The zero-order valence-electron chi connectivity index (χ0n) is 18.0. The molecule has 33 heavy (non-hydrogen) atoms. The minimum atomic E-state index is -1.17. The fourth-order valence-corrected chi connectivity index (χ4v) is 4.18. The van der Waals surface area contributed by atoms with E-state index in [0.717, 1.165) is 12.8 Å². The third-order valence-corrected chi connectivity index (χ3v) is 5.74. The predicted molar refractivity (Wildman–Crippen MR) is 109 cm³/mol. The molecule has 3 heterocycles. The Morgan fingerprint density at radius 2 is 1.91 bits per heavy atom. The van der Waals surface area contributed by atoms with Crippen molar-refractivity contribution in [2.24, 2.45) is 0 Å². The molecular formula is C22H22F3N3O5. The molecule has 1 fully saturated rings. The second kappa shape index (κ2) is 8.89. The monoisotopic (exact) mass is 465 g/mol. The van der Waals surface area contributed by atoms with Crippen LogP contribution < -0.4 is 15.5 Å². The fraction of sp³-hybridized carbons (Fsp3) is 0.409. The van der Waals surface area contributed by atoms with E-state index >= 15 is 0 Å². The van der Waals surface area contributed by atoms with Crippen LogP contribution in [0.4, 0.5) is 13.2 Å². The maximum absolute atomic E-state index is 13.9. The van der Waals surface area contributed by atoms with Crippen molar-refractivity contribution in [3.63, 3.8) is 0 Å². The molecular weight excluding hydrogens is 443 g/mol. The molecule has 2 aliphatic rings. The molecule has 8 nitrogen and oxygen atoms in total. The Morgan fingerprint density at radius 3 is 2.55 bits per heavy atom. The van der Waals surface area contributed by atoms with Gasteiger partial charge in [-0.05, 0) is 6.42 Å². The Balaban J connectivity index is 1.63. The number of carbonyl (C=O) groups excluding carboxylic acids is 2. The summed E-state index contributed by atoms with van der Waals surface area (Å²) in [4.78, 5) is 40.2. The lowest BCUT2D eigenvalue weighted by atomic mass is 10.1. The average Bonchev–Trinajstić information content (AvgIpc) is 3.16. The van der Waals surface area contributed by atoms with Crippen LogP contribution in [0.2, 0.25) is 0 Å². The number of rotatable bonds is 6. The van der Waals surface area contributed by atoms with Gasteiger partial charge in [-0.25, -0.2) is 13.2 Å². The molecule has 1 aromatic carbocycles. The maximum Gasteiger partial charge on any atom is 0.276 e. The van der Waals surface area contributed by atoms with Crippen LogP contribution in [0.1, 0.15) is 46.2 Å². The number of benzene rings is 1. The standard InChI is InChI=1S/C22H22F3N3O5/c1-3-4-12-8-28-17(33-12)10-27-9-14(19(29)20(32-2)18(27)22(28)31)21(30)26-7-13-15(24)5-11(23)6-16(13)25/h5-6,9,12,17H,3-4,7-8,10H2,1-2H3,(H,26,30). The van der Waals surface area contributed by atoms with Crippen molar-refractivity contribution in [3.05, 3.63) is 62.8 Å². The van der Waals surface area contributed by atoms with Crippen LogP contribution in [0.25, 0.3) is 0 Å². The van der Waals surface area contributed by atoms with E-state index in [1.807, 2.05) is 6.92 Å². The molecule has 1 saturated heterocycles.